The molecule has 0 radical (unpaired) electrons. The number of nitrogens with zero attached hydrogens (tertiary/aromatic N) is 3. The van der Waals surface area contributed by atoms with Crippen molar-refractivity contribution in [1.29, 1.82) is 5.26 Å². The molecule has 0 bridgehead atoms. The Morgan fingerprint density at radius 2 is 1.69 bits per heavy atom. The number of amides is 3. The second-order valence-corrected chi connectivity index (χ2v) is 11.6. The van der Waals surface area contributed by atoms with Gasteiger partial charge in [-0.2, -0.15) is 5.26 Å². The van der Waals surface area contributed by atoms with Crippen molar-refractivity contribution in [3.8, 4) is 6.07 Å². The minimum absolute atomic E-state index is 0.233. The molecule has 2 unspecified atom stereocenters. The Balaban J connectivity index is 1.36. The van der Waals surface area contributed by atoms with Crippen LogP contribution in [-0.4, -0.2) is 65.1 Å². The highest BCUT2D eigenvalue weighted by Gasteiger charge is 2.36. The molecule has 2 aromatic carbocycles. The molecule has 39 heavy (non-hydrogen) atoms. The van der Waals surface area contributed by atoms with Crippen molar-refractivity contribution in [2.45, 2.75) is 62.6 Å². The van der Waals surface area contributed by atoms with Crippen LogP contribution in [0.4, 0.5) is 5.69 Å². The number of nitrogens with one attached hydrogen (secondary N) is 1. The fourth-order valence-electron chi connectivity index (χ4n) is 4.63. The lowest BCUT2D eigenvalue weighted by atomic mass is 10.1. The molecule has 2 aliphatic rings. The number of anilines is 1. The van der Waals surface area contributed by atoms with Crippen LogP contribution in [0, 0.1) is 11.3 Å². The van der Waals surface area contributed by atoms with Gasteiger partial charge in [-0.3, -0.25) is 34.3 Å². The topological polar surface area (TPSA) is 120 Å². The molecule has 2 atom stereocenters. The first-order valence-electron chi connectivity index (χ1n) is 12.9. The summed E-state index contributed by atoms with van der Waals surface area (Å²) in [4.78, 5) is 54.9. The van der Waals surface area contributed by atoms with E-state index in [1.807, 2.05) is 18.2 Å². The Morgan fingerprint density at radius 1 is 1.05 bits per heavy atom. The highest BCUT2D eigenvalue weighted by Crippen LogP contribution is 2.34. The average Bonchev–Trinajstić information content (AvgIpc) is 3.06. The van der Waals surface area contributed by atoms with E-state index in [0.29, 0.717) is 41.8 Å². The van der Waals surface area contributed by atoms with Gasteiger partial charge < -0.3 is 4.74 Å². The van der Waals surface area contributed by atoms with Gasteiger partial charge in [0.1, 0.15) is 12.1 Å². The Bertz CT molecular complexity index is 1280. The minimum atomic E-state index is -0.689. The van der Waals surface area contributed by atoms with Gasteiger partial charge in [0.25, 0.3) is 11.8 Å². The predicted molar refractivity (Wildman–Crippen MR) is 147 cm³/mol. The molecule has 0 spiro atoms. The van der Waals surface area contributed by atoms with Crippen LogP contribution in [0.25, 0.3) is 0 Å². The van der Waals surface area contributed by atoms with Gasteiger partial charge >= 0.3 is 5.97 Å². The zero-order chi connectivity index (χ0) is 28.2. The van der Waals surface area contributed by atoms with Crippen molar-refractivity contribution in [3.63, 3.8) is 0 Å². The largest absolute Gasteiger partial charge is 0.459 e. The molecule has 9 nitrogen and oxygen atoms in total. The smallest absolute Gasteiger partial charge is 0.326 e. The maximum atomic E-state index is 13.6. The third-order valence-corrected chi connectivity index (χ3v) is 7.55. The van der Waals surface area contributed by atoms with Gasteiger partial charge in [-0.05, 0) is 64.3 Å². The summed E-state index contributed by atoms with van der Waals surface area (Å²) in [5, 5.41) is 13.0. The Labute approximate surface area is 232 Å². The van der Waals surface area contributed by atoms with Gasteiger partial charge in [-0.1, -0.05) is 24.3 Å². The van der Waals surface area contributed by atoms with Gasteiger partial charge in [-0.15, -0.1) is 11.8 Å². The van der Waals surface area contributed by atoms with Crippen molar-refractivity contribution in [3.05, 3.63) is 59.7 Å². The zero-order valence-corrected chi connectivity index (χ0v) is 23.1. The van der Waals surface area contributed by atoms with Gasteiger partial charge in [0.15, 0.2) is 0 Å². The standard InChI is InChI=1S/C29H32N4O5S/c1-29(2,3)38-25(34)17-33-23-13-6-7-14-24(23)39-18-22(28(33)37)31-19(16-30)10-8-9-15-32-26(35)20-11-4-5-12-21(20)27(32)36/h4-7,11-14,19,22,31H,8-10,15,17-18H2,1-3H3. The van der Waals surface area contributed by atoms with Crippen molar-refractivity contribution in [2.75, 3.05) is 23.7 Å². The van der Waals surface area contributed by atoms with Crippen LogP contribution in [0.15, 0.2) is 53.4 Å². The first-order chi connectivity index (χ1) is 18.6. The maximum Gasteiger partial charge on any atom is 0.326 e. The third kappa shape index (κ3) is 6.67. The van der Waals surface area contributed by atoms with Crippen LogP contribution in [0.1, 0.15) is 60.7 Å². The monoisotopic (exact) mass is 548 g/mol. The number of fused-ring (bicyclic) bond motifs is 2. The number of imide groups is 1. The zero-order valence-electron chi connectivity index (χ0n) is 22.3. The molecule has 4 rings (SSSR count). The quantitative estimate of drug-likeness (QED) is 0.286. The van der Waals surface area contributed by atoms with Crippen LogP contribution in [-0.2, 0) is 14.3 Å². The maximum absolute atomic E-state index is 13.6. The molecule has 1 N–H and O–H groups in total. The third-order valence-electron chi connectivity index (χ3n) is 6.39. The lowest BCUT2D eigenvalue weighted by Crippen LogP contribution is -2.52. The summed E-state index contributed by atoms with van der Waals surface area (Å²) in [6.45, 7) is 5.35. The van der Waals surface area contributed by atoms with E-state index in [1.54, 1.807) is 51.1 Å². The fraction of sp³-hybridized carbons (Fsp3) is 0.414. The number of nitriles is 1. The summed E-state index contributed by atoms with van der Waals surface area (Å²) < 4.78 is 5.46. The van der Waals surface area contributed by atoms with Crippen molar-refractivity contribution < 1.29 is 23.9 Å². The number of para-hydroxylation sites is 1. The number of carbonyl (C=O) groups excluding carboxylic acids is 4. The lowest BCUT2D eigenvalue weighted by molar-refractivity contribution is -0.153. The van der Waals surface area contributed by atoms with Crippen molar-refractivity contribution >= 4 is 41.1 Å². The van der Waals surface area contributed by atoms with Crippen molar-refractivity contribution in [2.24, 2.45) is 0 Å². The van der Waals surface area contributed by atoms with E-state index in [4.69, 9.17) is 4.74 Å². The Hall–Kier alpha value is -3.68. The molecule has 0 aliphatic carbocycles. The van der Waals surface area contributed by atoms with Crippen LogP contribution >= 0.6 is 11.8 Å². The molecule has 204 valence electrons. The normalized spacial score (nSPS) is 17.8. The first-order valence-corrected chi connectivity index (χ1v) is 13.9. The number of thioether (sulfide) groups is 1. The number of hydrogen-bond acceptors (Lipinski definition) is 8. The SMILES string of the molecule is CC(C)(C)OC(=O)CN1C(=O)C(NC(C#N)CCCCN2C(=O)c3ccccc3C2=O)CSc2ccccc21. The van der Waals surface area contributed by atoms with E-state index < -0.39 is 23.7 Å². The minimum Gasteiger partial charge on any atom is -0.459 e. The molecule has 0 saturated heterocycles. The molecule has 10 heteroatoms. The summed E-state index contributed by atoms with van der Waals surface area (Å²) in [5.74, 6) is -1.01. The van der Waals surface area contributed by atoms with Crippen LogP contribution in [0.3, 0.4) is 0 Å². The fourth-order valence-corrected chi connectivity index (χ4v) is 5.71. The molecule has 2 aliphatic heterocycles. The predicted octanol–water partition coefficient (Wildman–Crippen LogP) is 3.78. The summed E-state index contributed by atoms with van der Waals surface area (Å²) in [7, 11) is 0. The molecule has 2 aromatic rings. The molecular weight excluding hydrogens is 516 g/mol. The number of hydrogen-bond donors (Lipinski definition) is 1. The van der Waals surface area contributed by atoms with Gasteiger partial charge in [0.2, 0.25) is 5.91 Å². The molecule has 0 saturated carbocycles. The first kappa shape index (κ1) is 28.3. The van der Waals surface area contributed by atoms with Crippen LogP contribution in [0.2, 0.25) is 0 Å². The number of benzene rings is 2. The Kier molecular flexibility index (Phi) is 8.73. The second-order valence-electron chi connectivity index (χ2n) is 10.5. The number of carbonyl (C=O) groups is 4. The van der Waals surface area contributed by atoms with Gasteiger partial charge in [0.05, 0.1) is 35.0 Å². The van der Waals surface area contributed by atoms with E-state index in [2.05, 4.69) is 11.4 Å². The number of rotatable bonds is 9. The summed E-state index contributed by atoms with van der Waals surface area (Å²) in [6, 6.07) is 15.1. The number of unbranched alkanes of at least 4 members (excludes halogenated alkanes) is 1. The summed E-state index contributed by atoms with van der Waals surface area (Å²) in [5.41, 5.74) is 0.787. The van der Waals surface area contributed by atoms with E-state index in [9.17, 15) is 24.4 Å². The van der Waals surface area contributed by atoms with Crippen molar-refractivity contribution in [1.82, 2.24) is 10.2 Å². The van der Waals surface area contributed by atoms with Gasteiger partial charge in [-0.25, -0.2) is 0 Å². The lowest BCUT2D eigenvalue weighted by Gasteiger charge is -2.28. The van der Waals surface area contributed by atoms with E-state index in [0.717, 1.165) is 4.90 Å². The van der Waals surface area contributed by atoms with Gasteiger partial charge in [0, 0.05) is 17.2 Å². The highest BCUT2D eigenvalue weighted by atomic mass is 32.2. The molecular formula is C29H32N4O5S. The molecule has 3 amide bonds. The molecule has 0 fully saturated rings. The average molecular weight is 549 g/mol. The molecule has 0 aromatic heterocycles. The van der Waals surface area contributed by atoms with Crippen LogP contribution < -0.4 is 10.2 Å². The number of esters is 1. The highest BCUT2D eigenvalue weighted by molar-refractivity contribution is 7.99. The van der Waals surface area contributed by atoms with E-state index in [1.165, 1.54) is 21.6 Å². The summed E-state index contributed by atoms with van der Waals surface area (Å²) >= 11 is 1.49. The summed E-state index contributed by atoms with van der Waals surface area (Å²) in [6.07, 6.45) is 1.55. The molecule has 2 heterocycles. The van der Waals surface area contributed by atoms with Crippen LogP contribution in [0.5, 0.6) is 0 Å². The second kappa shape index (κ2) is 12.0. The Morgan fingerprint density at radius 3 is 2.33 bits per heavy atom. The number of ether oxygens (including phenoxy) is 1. The van der Waals surface area contributed by atoms with E-state index >= 15 is 0 Å². The van der Waals surface area contributed by atoms with E-state index in [-0.39, 0.29) is 30.8 Å².